The van der Waals surface area contributed by atoms with Crippen molar-refractivity contribution in [3.05, 3.63) is 138 Å². The Morgan fingerprint density at radius 3 is 2.10 bits per heavy atom. The lowest BCUT2D eigenvalue weighted by molar-refractivity contribution is -0.122. The molecule has 1 aliphatic heterocycles. The molecule has 1 aliphatic rings. The largest absolute Gasteiger partial charge is 0.478 e. The van der Waals surface area contributed by atoms with Gasteiger partial charge >= 0.3 is 12.0 Å². The van der Waals surface area contributed by atoms with Gasteiger partial charge in [-0.2, -0.15) is 4.99 Å². The van der Waals surface area contributed by atoms with Crippen molar-refractivity contribution in [2.75, 3.05) is 11.4 Å². The van der Waals surface area contributed by atoms with Gasteiger partial charge in [0.25, 0.3) is 5.91 Å². The zero-order valence-electron chi connectivity index (χ0n) is 21.8. The van der Waals surface area contributed by atoms with Crippen molar-refractivity contribution < 1.29 is 19.4 Å². The van der Waals surface area contributed by atoms with Gasteiger partial charge in [-0.25, -0.2) is 4.79 Å². The van der Waals surface area contributed by atoms with Gasteiger partial charge in [-0.15, -0.1) is 0 Å². The number of rotatable bonds is 9. The van der Waals surface area contributed by atoms with Crippen LogP contribution in [0.15, 0.2) is 138 Å². The highest BCUT2D eigenvalue weighted by molar-refractivity contribution is 6.09. The van der Waals surface area contributed by atoms with E-state index in [1.54, 1.807) is 24.3 Å². The van der Waals surface area contributed by atoms with Crippen molar-refractivity contribution in [1.82, 2.24) is 4.90 Å². The molecule has 4 rings (SSSR count). The summed E-state index contributed by atoms with van der Waals surface area (Å²) in [5, 5.41) is 9.09. The Hall–Kier alpha value is -5.17. The molecule has 0 bridgehead atoms. The van der Waals surface area contributed by atoms with Crippen LogP contribution in [0.2, 0.25) is 0 Å². The molecule has 0 aromatic heterocycles. The second-order valence-electron chi connectivity index (χ2n) is 8.41. The van der Waals surface area contributed by atoms with Crippen molar-refractivity contribution >= 4 is 35.0 Å². The van der Waals surface area contributed by atoms with Gasteiger partial charge in [-0.3, -0.25) is 9.69 Å². The van der Waals surface area contributed by atoms with E-state index in [-0.39, 0.29) is 23.3 Å². The second-order valence-corrected chi connectivity index (χ2v) is 8.41. The molecule has 0 saturated carbocycles. The summed E-state index contributed by atoms with van der Waals surface area (Å²) in [6.07, 6.45) is 11.2. The van der Waals surface area contributed by atoms with Crippen LogP contribution in [0, 0.1) is 0 Å². The summed E-state index contributed by atoms with van der Waals surface area (Å²) in [4.78, 5) is 32.0. The van der Waals surface area contributed by atoms with Crippen LogP contribution < -0.4 is 4.90 Å². The number of hydrogen-bond donors (Lipinski definition) is 1. The Kier molecular flexibility index (Phi) is 8.87. The molecule has 3 aromatic rings. The molecule has 0 atom stereocenters. The van der Waals surface area contributed by atoms with Gasteiger partial charge in [0, 0.05) is 23.6 Å². The number of carboxylic acid groups (broad SMARTS) is 1. The number of nitrogens with zero attached hydrogens (tertiary/aromatic N) is 3. The first-order chi connectivity index (χ1) is 19.0. The van der Waals surface area contributed by atoms with E-state index >= 15 is 0 Å². The summed E-state index contributed by atoms with van der Waals surface area (Å²) in [7, 11) is 0. The Morgan fingerprint density at radius 2 is 1.56 bits per heavy atom. The van der Waals surface area contributed by atoms with Gasteiger partial charge in [0.05, 0.1) is 11.3 Å². The number of amides is 1. The molecule has 0 spiro atoms. The van der Waals surface area contributed by atoms with Crippen molar-refractivity contribution in [1.29, 1.82) is 0 Å². The number of allylic oxidation sites excluding steroid dienone is 6. The lowest BCUT2D eigenvalue weighted by Gasteiger charge is -2.26. The first kappa shape index (κ1) is 26.9. The molecule has 7 nitrogen and oxygen atoms in total. The molecule has 3 aromatic carbocycles. The molecule has 1 amide bonds. The number of carbonyl (C=O) groups is 2. The third-order valence-corrected chi connectivity index (χ3v) is 5.79. The van der Waals surface area contributed by atoms with E-state index in [4.69, 9.17) is 9.84 Å². The van der Waals surface area contributed by atoms with Gasteiger partial charge in [0.1, 0.15) is 0 Å². The highest BCUT2D eigenvalue weighted by atomic mass is 16.5. The standard InChI is InChI=1S/C32H29N3O4/c1-3-13-26(35(27-14-7-5-8-15-27)28-16-9-6-10-17-28)18-11-12-19-29-30(36)34(4-2)32(39-29)33-25-22-20-24(21-23-25)31(37)38/h3,5-23H,4H2,1-2H3,(H,37,38)/b12-11+,13-3-,26-18+,29-19+,33-32+. The van der Waals surface area contributed by atoms with Gasteiger partial charge < -0.3 is 14.7 Å². The average molecular weight is 520 g/mol. The molecule has 1 fully saturated rings. The Balaban J connectivity index is 1.59. The summed E-state index contributed by atoms with van der Waals surface area (Å²) in [5.41, 5.74) is 3.61. The summed E-state index contributed by atoms with van der Waals surface area (Å²) >= 11 is 0. The number of carboxylic acids is 1. The topological polar surface area (TPSA) is 82.4 Å². The molecule has 0 unspecified atom stereocenters. The molecular weight excluding hydrogens is 490 g/mol. The third kappa shape index (κ3) is 6.59. The molecule has 1 saturated heterocycles. The Labute approximate surface area is 228 Å². The lowest BCUT2D eigenvalue weighted by atomic mass is 10.2. The van der Waals surface area contributed by atoms with Crippen LogP contribution in [-0.4, -0.2) is 34.4 Å². The summed E-state index contributed by atoms with van der Waals surface area (Å²) in [5.74, 6) is -1.16. The Morgan fingerprint density at radius 1 is 0.949 bits per heavy atom. The van der Waals surface area contributed by atoms with Crippen LogP contribution in [0.5, 0.6) is 0 Å². The van der Waals surface area contributed by atoms with Crippen LogP contribution in [0.3, 0.4) is 0 Å². The van der Waals surface area contributed by atoms with E-state index in [1.165, 1.54) is 17.0 Å². The van der Waals surface area contributed by atoms with Crippen molar-refractivity contribution in [3.8, 4) is 0 Å². The van der Waals surface area contributed by atoms with Crippen LogP contribution >= 0.6 is 0 Å². The van der Waals surface area contributed by atoms with Gasteiger partial charge in [0.15, 0.2) is 5.76 Å². The molecule has 0 aliphatic carbocycles. The number of para-hydroxylation sites is 2. The quantitative estimate of drug-likeness (QED) is 0.243. The van der Waals surface area contributed by atoms with E-state index in [0.29, 0.717) is 12.2 Å². The first-order valence-electron chi connectivity index (χ1n) is 12.5. The fourth-order valence-corrected chi connectivity index (χ4v) is 3.95. The number of ether oxygens (including phenoxy) is 1. The van der Waals surface area contributed by atoms with Crippen LogP contribution in [-0.2, 0) is 9.53 Å². The first-order valence-corrected chi connectivity index (χ1v) is 12.5. The SMILES string of the molecule is C\C=C/C(=C\C=C\C=C1\O/C(=N/c2ccc(C(=O)O)cc2)N(CC)C1=O)N(c1ccccc1)c1ccccc1. The Bertz CT molecular complexity index is 1410. The normalized spacial score (nSPS) is 16.0. The summed E-state index contributed by atoms with van der Waals surface area (Å²) < 4.78 is 5.77. The highest BCUT2D eigenvalue weighted by Gasteiger charge is 2.33. The van der Waals surface area contributed by atoms with Gasteiger partial charge in [0.2, 0.25) is 0 Å². The number of amidine groups is 1. The van der Waals surface area contributed by atoms with E-state index < -0.39 is 5.97 Å². The fourth-order valence-electron chi connectivity index (χ4n) is 3.95. The maximum atomic E-state index is 12.9. The molecule has 7 heteroatoms. The number of aromatic carboxylic acids is 1. The lowest BCUT2D eigenvalue weighted by Crippen LogP contribution is -2.29. The molecule has 39 heavy (non-hydrogen) atoms. The average Bonchev–Trinajstić information content (AvgIpc) is 3.26. The van der Waals surface area contributed by atoms with E-state index in [0.717, 1.165) is 17.1 Å². The fraction of sp³-hybridized carbons (Fsp3) is 0.0938. The monoisotopic (exact) mass is 519 g/mol. The highest BCUT2D eigenvalue weighted by Crippen LogP contribution is 2.30. The van der Waals surface area contributed by atoms with Crippen molar-refractivity contribution in [2.45, 2.75) is 13.8 Å². The summed E-state index contributed by atoms with van der Waals surface area (Å²) in [6.45, 7) is 4.17. The van der Waals surface area contributed by atoms with E-state index in [9.17, 15) is 9.59 Å². The molecular formula is C32H29N3O4. The number of aliphatic imine (C=N–C) groups is 1. The van der Waals surface area contributed by atoms with Crippen molar-refractivity contribution in [2.24, 2.45) is 4.99 Å². The zero-order valence-corrected chi connectivity index (χ0v) is 21.8. The maximum absolute atomic E-state index is 12.9. The smallest absolute Gasteiger partial charge is 0.335 e. The number of benzene rings is 3. The minimum atomic E-state index is -1.02. The number of anilines is 2. The zero-order chi connectivity index (χ0) is 27.6. The predicted octanol–water partition coefficient (Wildman–Crippen LogP) is 6.99. The summed E-state index contributed by atoms with van der Waals surface area (Å²) in [6, 6.07) is 26.4. The van der Waals surface area contributed by atoms with Crippen LogP contribution in [0.25, 0.3) is 0 Å². The minimum absolute atomic E-state index is 0.148. The molecule has 1 N–H and O–H groups in total. The van der Waals surface area contributed by atoms with Gasteiger partial charge in [-0.1, -0.05) is 54.6 Å². The second kappa shape index (κ2) is 12.9. The van der Waals surface area contributed by atoms with E-state index in [2.05, 4.69) is 34.2 Å². The van der Waals surface area contributed by atoms with Gasteiger partial charge in [-0.05, 0) is 80.6 Å². The van der Waals surface area contributed by atoms with Crippen molar-refractivity contribution in [3.63, 3.8) is 0 Å². The minimum Gasteiger partial charge on any atom is -0.478 e. The molecule has 1 heterocycles. The maximum Gasteiger partial charge on any atom is 0.335 e. The molecule has 196 valence electrons. The third-order valence-electron chi connectivity index (χ3n) is 5.79. The number of carbonyl (C=O) groups excluding carboxylic acids is 1. The van der Waals surface area contributed by atoms with E-state index in [1.807, 2.05) is 74.5 Å². The van der Waals surface area contributed by atoms with Crippen LogP contribution in [0.4, 0.5) is 17.1 Å². The number of likely N-dealkylation sites (N-methyl/N-ethyl adjacent to an activating group) is 1. The number of hydrogen-bond acceptors (Lipinski definition) is 5. The predicted molar refractivity (Wildman–Crippen MR) is 154 cm³/mol. The van der Waals surface area contributed by atoms with Crippen LogP contribution in [0.1, 0.15) is 24.2 Å². The molecule has 0 radical (unpaired) electrons.